The number of ketones is 1. The Morgan fingerprint density at radius 1 is 1.24 bits per heavy atom. The van der Waals surface area contributed by atoms with Gasteiger partial charge in [0.1, 0.15) is 11.4 Å². The van der Waals surface area contributed by atoms with Crippen molar-refractivity contribution in [2.45, 2.75) is 0 Å². The van der Waals surface area contributed by atoms with Gasteiger partial charge in [0, 0.05) is 11.8 Å². The van der Waals surface area contributed by atoms with Gasteiger partial charge in [-0.25, -0.2) is 0 Å². The van der Waals surface area contributed by atoms with Crippen LogP contribution in [0.1, 0.15) is 16.1 Å². The molecular weight excluding hydrogens is 238 g/mol. The number of carbonyl (C=O) groups is 1. The average Bonchev–Trinajstić information content (AvgIpc) is 2.39. The van der Waals surface area contributed by atoms with E-state index in [9.17, 15) is 4.79 Å². The molecule has 1 aromatic heterocycles. The van der Waals surface area contributed by atoms with E-state index in [1.54, 1.807) is 42.6 Å². The van der Waals surface area contributed by atoms with E-state index in [4.69, 9.17) is 16.3 Å². The first-order valence-electron chi connectivity index (χ1n) is 5.02. The summed E-state index contributed by atoms with van der Waals surface area (Å²) >= 11 is 6.08. The third kappa shape index (κ3) is 2.29. The lowest BCUT2D eigenvalue weighted by Crippen LogP contribution is -2.04. The zero-order valence-electron chi connectivity index (χ0n) is 9.18. The van der Waals surface area contributed by atoms with Crippen molar-refractivity contribution in [1.29, 1.82) is 0 Å². The van der Waals surface area contributed by atoms with E-state index < -0.39 is 0 Å². The fourth-order valence-electron chi connectivity index (χ4n) is 1.48. The summed E-state index contributed by atoms with van der Waals surface area (Å²) in [4.78, 5) is 16.1. The zero-order valence-corrected chi connectivity index (χ0v) is 9.94. The van der Waals surface area contributed by atoms with Crippen molar-refractivity contribution in [1.82, 2.24) is 4.98 Å². The molecule has 86 valence electrons. The van der Waals surface area contributed by atoms with Crippen LogP contribution in [0.5, 0.6) is 5.75 Å². The minimum atomic E-state index is -0.213. The largest absolute Gasteiger partial charge is 0.495 e. The smallest absolute Gasteiger partial charge is 0.212 e. The minimum Gasteiger partial charge on any atom is -0.495 e. The molecule has 0 spiro atoms. The predicted octanol–water partition coefficient (Wildman–Crippen LogP) is 2.97. The lowest BCUT2D eigenvalue weighted by atomic mass is 10.1. The van der Waals surface area contributed by atoms with Gasteiger partial charge in [-0.15, -0.1) is 0 Å². The van der Waals surface area contributed by atoms with Gasteiger partial charge < -0.3 is 4.74 Å². The van der Waals surface area contributed by atoms with Crippen LogP contribution in [0.3, 0.4) is 0 Å². The van der Waals surface area contributed by atoms with Gasteiger partial charge >= 0.3 is 0 Å². The van der Waals surface area contributed by atoms with E-state index in [2.05, 4.69) is 4.98 Å². The quantitative estimate of drug-likeness (QED) is 0.783. The molecule has 0 aliphatic rings. The number of nitrogens with zero attached hydrogens (tertiary/aromatic N) is 1. The molecule has 3 nitrogen and oxygen atoms in total. The van der Waals surface area contributed by atoms with E-state index in [1.165, 1.54) is 7.11 Å². The first-order valence-corrected chi connectivity index (χ1v) is 5.40. The molecular formula is C13H10ClNO2. The van der Waals surface area contributed by atoms with Gasteiger partial charge in [0.05, 0.1) is 12.1 Å². The number of hydrogen-bond donors (Lipinski definition) is 0. The van der Waals surface area contributed by atoms with Crippen molar-refractivity contribution in [2.75, 3.05) is 7.11 Å². The molecule has 0 radical (unpaired) electrons. The van der Waals surface area contributed by atoms with E-state index in [1.807, 2.05) is 0 Å². The number of pyridine rings is 1. The summed E-state index contributed by atoms with van der Waals surface area (Å²) in [6, 6.07) is 10.2. The third-order valence-corrected chi connectivity index (χ3v) is 2.72. The maximum absolute atomic E-state index is 12.1. The molecule has 0 saturated heterocycles. The Morgan fingerprint density at radius 3 is 2.71 bits per heavy atom. The summed E-state index contributed by atoms with van der Waals surface area (Å²) < 4.78 is 5.07. The number of halogens is 1. The molecule has 0 unspecified atom stereocenters. The summed E-state index contributed by atoms with van der Waals surface area (Å²) in [5, 5.41) is 0.311. The second-order valence-electron chi connectivity index (χ2n) is 3.37. The number of ether oxygens (including phenoxy) is 1. The summed E-state index contributed by atoms with van der Waals surface area (Å²) in [6.45, 7) is 0. The second kappa shape index (κ2) is 4.97. The molecule has 0 saturated carbocycles. The molecule has 0 atom stereocenters. The van der Waals surface area contributed by atoms with E-state index in [0.29, 0.717) is 22.0 Å². The molecule has 17 heavy (non-hydrogen) atoms. The van der Waals surface area contributed by atoms with Gasteiger partial charge in [0.2, 0.25) is 5.78 Å². The summed E-state index contributed by atoms with van der Waals surface area (Å²) in [5.74, 6) is 0.267. The molecule has 0 aliphatic heterocycles. The highest BCUT2D eigenvalue weighted by Gasteiger charge is 2.16. The monoisotopic (exact) mass is 247 g/mol. The fourth-order valence-corrected chi connectivity index (χ4v) is 1.77. The van der Waals surface area contributed by atoms with Crippen LogP contribution < -0.4 is 4.74 Å². The Balaban J connectivity index is 2.45. The molecule has 0 N–H and O–H groups in total. The predicted molar refractivity (Wildman–Crippen MR) is 65.7 cm³/mol. The minimum absolute atomic E-state index is 0.213. The average molecular weight is 248 g/mol. The van der Waals surface area contributed by atoms with Crippen molar-refractivity contribution < 1.29 is 9.53 Å². The van der Waals surface area contributed by atoms with Gasteiger partial charge in [0.15, 0.2) is 0 Å². The Bertz CT molecular complexity index is 540. The molecule has 2 rings (SSSR count). The standard InChI is InChI=1S/C13H10ClNO2/c1-17-11-7-4-5-9(12(11)14)13(16)10-6-2-3-8-15-10/h2-8H,1H3. The summed E-state index contributed by atoms with van der Waals surface area (Å²) in [6.07, 6.45) is 1.57. The molecule has 1 heterocycles. The van der Waals surface area contributed by atoms with Crippen molar-refractivity contribution in [3.8, 4) is 5.75 Å². The lowest BCUT2D eigenvalue weighted by molar-refractivity contribution is 0.103. The summed E-state index contributed by atoms with van der Waals surface area (Å²) in [7, 11) is 1.51. The van der Waals surface area contributed by atoms with Crippen LogP contribution >= 0.6 is 11.6 Å². The molecule has 4 heteroatoms. The van der Waals surface area contributed by atoms with Crippen LogP contribution in [0, 0.1) is 0 Å². The molecule has 0 aliphatic carbocycles. The Hall–Kier alpha value is -1.87. The van der Waals surface area contributed by atoms with Gasteiger partial charge in [-0.1, -0.05) is 23.7 Å². The molecule has 1 aromatic carbocycles. The first kappa shape index (κ1) is 11.6. The van der Waals surface area contributed by atoms with Crippen molar-refractivity contribution in [3.05, 3.63) is 58.9 Å². The molecule has 2 aromatic rings. The molecule has 0 amide bonds. The number of hydrogen-bond acceptors (Lipinski definition) is 3. The first-order chi connectivity index (χ1) is 8.24. The van der Waals surface area contributed by atoms with Crippen LogP contribution in [0.2, 0.25) is 5.02 Å². The van der Waals surface area contributed by atoms with Crippen LogP contribution in [0.4, 0.5) is 0 Å². The van der Waals surface area contributed by atoms with E-state index in [-0.39, 0.29) is 5.78 Å². The van der Waals surface area contributed by atoms with Crippen LogP contribution in [-0.4, -0.2) is 17.9 Å². The van der Waals surface area contributed by atoms with Gasteiger partial charge in [0.25, 0.3) is 0 Å². The van der Waals surface area contributed by atoms with Crippen molar-refractivity contribution in [3.63, 3.8) is 0 Å². The highest BCUT2D eigenvalue weighted by Crippen LogP contribution is 2.28. The number of carbonyl (C=O) groups excluding carboxylic acids is 1. The number of benzene rings is 1. The van der Waals surface area contributed by atoms with Gasteiger partial charge in [-0.3, -0.25) is 9.78 Å². The van der Waals surface area contributed by atoms with Gasteiger partial charge in [-0.05, 0) is 24.3 Å². The van der Waals surface area contributed by atoms with E-state index in [0.717, 1.165) is 0 Å². The normalized spacial score (nSPS) is 10.0. The molecule has 0 fully saturated rings. The van der Waals surface area contributed by atoms with Gasteiger partial charge in [-0.2, -0.15) is 0 Å². The number of rotatable bonds is 3. The highest BCUT2D eigenvalue weighted by molar-refractivity contribution is 6.36. The Kier molecular flexibility index (Phi) is 3.40. The Morgan fingerprint density at radius 2 is 2.06 bits per heavy atom. The number of methoxy groups -OCH3 is 1. The van der Waals surface area contributed by atoms with Crippen molar-refractivity contribution >= 4 is 17.4 Å². The van der Waals surface area contributed by atoms with Crippen LogP contribution in [0.25, 0.3) is 0 Å². The lowest BCUT2D eigenvalue weighted by Gasteiger charge is -2.07. The maximum atomic E-state index is 12.1. The maximum Gasteiger partial charge on any atom is 0.212 e. The second-order valence-corrected chi connectivity index (χ2v) is 3.74. The number of aromatic nitrogens is 1. The summed E-state index contributed by atoms with van der Waals surface area (Å²) in [5.41, 5.74) is 0.757. The highest BCUT2D eigenvalue weighted by atomic mass is 35.5. The zero-order chi connectivity index (χ0) is 12.3. The SMILES string of the molecule is COc1cccc(C(=O)c2ccccn2)c1Cl. The van der Waals surface area contributed by atoms with Crippen LogP contribution in [0.15, 0.2) is 42.6 Å². The topological polar surface area (TPSA) is 39.2 Å². The third-order valence-electron chi connectivity index (χ3n) is 2.33. The Labute approximate surface area is 104 Å². The van der Waals surface area contributed by atoms with E-state index >= 15 is 0 Å². The fraction of sp³-hybridized carbons (Fsp3) is 0.0769. The van der Waals surface area contributed by atoms with Crippen molar-refractivity contribution in [2.24, 2.45) is 0 Å². The molecule has 0 bridgehead atoms. The van der Waals surface area contributed by atoms with Crippen LogP contribution in [-0.2, 0) is 0 Å².